The second-order valence-electron chi connectivity index (χ2n) is 3.54. The molecule has 1 aromatic heterocycles. The number of hydrogen-bond donors (Lipinski definition) is 2. The number of rotatable bonds is 4. The molecule has 0 saturated heterocycles. The third kappa shape index (κ3) is 2.64. The molecule has 16 heavy (non-hydrogen) atoms. The molecule has 1 aromatic carbocycles. The van der Waals surface area contributed by atoms with E-state index < -0.39 is 0 Å². The van der Waals surface area contributed by atoms with Crippen LogP contribution >= 0.6 is 0 Å². The first-order valence-corrected chi connectivity index (χ1v) is 5.12. The average Bonchev–Trinajstić information content (AvgIpc) is 2.70. The lowest BCUT2D eigenvalue weighted by molar-refractivity contribution is 0.627. The lowest BCUT2D eigenvalue weighted by Crippen LogP contribution is -2.04. The van der Waals surface area contributed by atoms with E-state index in [0.717, 1.165) is 17.2 Å². The van der Waals surface area contributed by atoms with Gasteiger partial charge in [0.05, 0.1) is 0 Å². The summed E-state index contributed by atoms with van der Waals surface area (Å²) in [7, 11) is 0. The van der Waals surface area contributed by atoms with E-state index in [1.54, 1.807) is 12.1 Å². The zero-order chi connectivity index (χ0) is 11.4. The molecular weight excluding hydrogens is 207 g/mol. The summed E-state index contributed by atoms with van der Waals surface area (Å²) in [6.07, 6.45) is 1.29. The van der Waals surface area contributed by atoms with Gasteiger partial charge in [0.1, 0.15) is 11.6 Å². The maximum Gasteiger partial charge on any atom is 0.151 e. The van der Waals surface area contributed by atoms with Crippen LogP contribution in [0.25, 0.3) is 0 Å². The summed E-state index contributed by atoms with van der Waals surface area (Å²) < 4.78 is 12.7. The van der Waals surface area contributed by atoms with Gasteiger partial charge in [0, 0.05) is 12.8 Å². The van der Waals surface area contributed by atoms with Crippen LogP contribution in [0.2, 0.25) is 0 Å². The number of H-pyrrole nitrogens is 1. The Kier molecular flexibility index (Phi) is 3.26. The third-order valence-corrected chi connectivity index (χ3v) is 2.23. The van der Waals surface area contributed by atoms with Crippen molar-refractivity contribution in [3.8, 4) is 0 Å². The van der Waals surface area contributed by atoms with Crippen LogP contribution in [0.15, 0.2) is 24.3 Å². The molecule has 0 aliphatic rings. The van der Waals surface area contributed by atoms with Gasteiger partial charge in [0.15, 0.2) is 5.82 Å². The molecule has 0 fully saturated rings. The van der Waals surface area contributed by atoms with E-state index in [2.05, 4.69) is 15.2 Å². The normalized spacial score (nSPS) is 10.6. The molecule has 4 nitrogen and oxygen atoms in total. The molecule has 0 saturated carbocycles. The minimum absolute atomic E-state index is 0.231. The first-order chi connectivity index (χ1) is 7.78. The number of hydrogen-bond acceptors (Lipinski definition) is 3. The molecule has 0 bridgehead atoms. The highest BCUT2D eigenvalue weighted by atomic mass is 19.1. The standard InChI is InChI=1S/C11H13FN4/c12-9-3-1-8(2-4-9)7-11-14-10(5-6-13)15-16-11/h1-4H,5-7,13H2,(H,14,15,16). The van der Waals surface area contributed by atoms with Crippen molar-refractivity contribution in [3.05, 3.63) is 47.3 Å². The van der Waals surface area contributed by atoms with Crippen LogP contribution < -0.4 is 5.73 Å². The van der Waals surface area contributed by atoms with Crippen molar-refractivity contribution in [2.75, 3.05) is 6.54 Å². The van der Waals surface area contributed by atoms with Crippen LogP contribution in [-0.2, 0) is 12.8 Å². The highest BCUT2D eigenvalue weighted by Gasteiger charge is 2.03. The van der Waals surface area contributed by atoms with Crippen LogP contribution in [0.4, 0.5) is 4.39 Å². The zero-order valence-corrected chi connectivity index (χ0v) is 8.78. The molecule has 0 radical (unpaired) electrons. The first-order valence-electron chi connectivity index (χ1n) is 5.12. The predicted molar refractivity (Wildman–Crippen MR) is 58.3 cm³/mol. The Morgan fingerprint density at radius 2 is 2.00 bits per heavy atom. The number of benzene rings is 1. The third-order valence-electron chi connectivity index (χ3n) is 2.23. The Hall–Kier alpha value is -1.75. The molecule has 0 unspecified atom stereocenters. The number of halogens is 1. The monoisotopic (exact) mass is 220 g/mol. The topological polar surface area (TPSA) is 67.6 Å². The molecule has 0 aliphatic carbocycles. The molecule has 0 aliphatic heterocycles. The number of nitrogens with zero attached hydrogens (tertiary/aromatic N) is 2. The maximum atomic E-state index is 12.7. The van der Waals surface area contributed by atoms with E-state index in [1.807, 2.05) is 0 Å². The van der Waals surface area contributed by atoms with Crippen LogP contribution in [-0.4, -0.2) is 21.7 Å². The number of nitrogens with one attached hydrogen (secondary N) is 1. The highest BCUT2D eigenvalue weighted by Crippen LogP contribution is 2.07. The molecule has 2 rings (SSSR count). The van der Waals surface area contributed by atoms with E-state index >= 15 is 0 Å². The van der Waals surface area contributed by atoms with Gasteiger partial charge in [-0.1, -0.05) is 12.1 Å². The highest BCUT2D eigenvalue weighted by molar-refractivity contribution is 5.19. The Bertz CT molecular complexity index is 449. The van der Waals surface area contributed by atoms with Gasteiger partial charge in [-0.05, 0) is 24.2 Å². The summed E-state index contributed by atoms with van der Waals surface area (Å²) >= 11 is 0. The molecular formula is C11H13FN4. The fourth-order valence-electron chi connectivity index (χ4n) is 1.45. The van der Waals surface area contributed by atoms with Crippen molar-refractivity contribution in [2.24, 2.45) is 5.73 Å². The van der Waals surface area contributed by atoms with E-state index in [-0.39, 0.29) is 5.82 Å². The largest absolute Gasteiger partial charge is 0.330 e. The van der Waals surface area contributed by atoms with Crippen molar-refractivity contribution in [1.29, 1.82) is 0 Å². The number of nitrogens with two attached hydrogens (primary N) is 1. The number of aromatic amines is 1. The van der Waals surface area contributed by atoms with Crippen LogP contribution in [0.5, 0.6) is 0 Å². The minimum Gasteiger partial charge on any atom is -0.330 e. The predicted octanol–water partition coefficient (Wildman–Crippen LogP) is 1.04. The van der Waals surface area contributed by atoms with Crippen molar-refractivity contribution < 1.29 is 4.39 Å². The molecule has 5 heteroatoms. The van der Waals surface area contributed by atoms with Gasteiger partial charge in [-0.15, -0.1) is 0 Å². The SMILES string of the molecule is NCCc1n[nH]c(Cc2ccc(F)cc2)n1. The Morgan fingerprint density at radius 3 is 2.69 bits per heavy atom. The minimum atomic E-state index is -0.231. The smallest absolute Gasteiger partial charge is 0.151 e. The average molecular weight is 220 g/mol. The van der Waals surface area contributed by atoms with Crippen LogP contribution in [0.3, 0.4) is 0 Å². The Morgan fingerprint density at radius 1 is 1.25 bits per heavy atom. The summed E-state index contributed by atoms with van der Waals surface area (Å²) in [6, 6.07) is 6.35. The second-order valence-corrected chi connectivity index (χ2v) is 3.54. The second kappa shape index (κ2) is 4.85. The van der Waals surface area contributed by atoms with E-state index in [4.69, 9.17) is 5.73 Å². The number of aromatic nitrogens is 3. The lowest BCUT2D eigenvalue weighted by atomic mass is 10.1. The van der Waals surface area contributed by atoms with E-state index in [0.29, 0.717) is 19.4 Å². The first kappa shape index (κ1) is 10.8. The van der Waals surface area contributed by atoms with Crippen molar-refractivity contribution >= 4 is 0 Å². The van der Waals surface area contributed by atoms with Gasteiger partial charge < -0.3 is 5.73 Å². The van der Waals surface area contributed by atoms with Gasteiger partial charge in [-0.25, -0.2) is 9.37 Å². The van der Waals surface area contributed by atoms with Crippen LogP contribution in [0.1, 0.15) is 17.2 Å². The van der Waals surface area contributed by atoms with Gasteiger partial charge in [-0.3, -0.25) is 5.10 Å². The molecule has 1 heterocycles. The molecule has 0 spiro atoms. The van der Waals surface area contributed by atoms with Crippen molar-refractivity contribution in [3.63, 3.8) is 0 Å². The summed E-state index contributed by atoms with van der Waals surface area (Å²) in [4.78, 5) is 4.28. The summed E-state index contributed by atoms with van der Waals surface area (Å²) in [5.41, 5.74) is 6.40. The van der Waals surface area contributed by atoms with Gasteiger partial charge >= 0.3 is 0 Å². The lowest BCUT2D eigenvalue weighted by Gasteiger charge is -1.96. The van der Waals surface area contributed by atoms with Crippen molar-refractivity contribution in [1.82, 2.24) is 15.2 Å². The quantitative estimate of drug-likeness (QED) is 0.808. The summed E-state index contributed by atoms with van der Waals surface area (Å²) in [5.74, 6) is 1.26. The molecule has 2 aromatic rings. The van der Waals surface area contributed by atoms with Crippen LogP contribution in [0, 0.1) is 5.82 Å². The zero-order valence-electron chi connectivity index (χ0n) is 8.78. The van der Waals surface area contributed by atoms with Gasteiger partial charge in [-0.2, -0.15) is 5.10 Å². The molecule has 84 valence electrons. The van der Waals surface area contributed by atoms with Gasteiger partial charge in [0.25, 0.3) is 0 Å². The van der Waals surface area contributed by atoms with Gasteiger partial charge in [0.2, 0.25) is 0 Å². The van der Waals surface area contributed by atoms with Crippen molar-refractivity contribution in [2.45, 2.75) is 12.8 Å². The fraction of sp³-hybridized carbons (Fsp3) is 0.273. The molecule has 0 amide bonds. The Balaban J connectivity index is 2.05. The fourth-order valence-corrected chi connectivity index (χ4v) is 1.45. The Labute approximate surface area is 92.7 Å². The molecule has 0 atom stereocenters. The summed E-state index contributed by atoms with van der Waals surface area (Å²) in [5, 5.41) is 6.87. The summed E-state index contributed by atoms with van der Waals surface area (Å²) in [6.45, 7) is 0.536. The van der Waals surface area contributed by atoms with E-state index in [9.17, 15) is 4.39 Å². The molecule has 3 N–H and O–H groups in total. The van der Waals surface area contributed by atoms with E-state index in [1.165, 1.54) is 12.1 Å². The maximum absolute atomic E-state index is 12.7.